The number of pyridine rings is 1. The highest BCUT2D eigenvalue weighted by molar-refractivity contribution is 5.89. The van der Waals surface area contributed by atoms with Gasteiger partial charge in [0.2, 0.25) is 5.69 Å². The summed E-state index contributed by atoms with van der Waals surface area (Å²) >= 11 is 0. The van der Waals surface area contributed by atoms with Gasteiger partial charge in [-0.05, 0) is 95.0 Å². The second-order valence-electron chi connectivity index (χ2n) is 11.9. The molecule has 4 aromatic rings. The van der Waals surface area contributed by atoms with E-state index in [4.69, 9.17) is 0 Å². The summed E-state index contributed by atoms with van der Waals surface area (Å²) in [6, 6.07) is 25.4. The van der Waals surface area contributed by atoms with Crippen molar-refractivity contribution in [3.63, 3.8) is 0 Å². The fraction of sp³-hybridized carbons (Fsp3) is 0.382. The van der Waals surface area contributed by atoms with Crippen LogP contribution in [0.15, 0.2) is 72.9 Å². The minimum absolute atomic E-state index is 0.454. The summed E-state index contributed by atoms with van der Waals surface area (Å²) in [4.78, 5) is 0. The van der Waals surface area contributed by atoms with Gasteiger partial charge in [-0.25, -0.2) is 4.57 Å². The summed E-state index contributed by atoms with van der Waals surface area (Å²) in [5.74, 6) is 1.17. The lowest BCUT2D eigenvalue weighted by Gasteiger charge is -2.34. The van der Waals surface area contributed by atoms with E-state index in [9.17, 15) is 0 Å². The van der Waals surface area contributed by atoms with Gasteiger partial charge in [0.25, 0.3) is 0 Å². The fourth-order valence-corrected chi connectivity index (χ4v) is 5.93. The summed E-state index contributed by atoms with van der Waals surface area (Å²) in [5, 5.41) is 2.70. The molecule has 0 aliphatic heterocycles. The summed E-state index contributed by atoms with van der Waals surface area (Å²) in [5.41, 5.74) is 9.96. The van der Waals surface area contributed by atoms with E-state index in [1.165, 1.54) is 75.5 Å². The van der Waals surface area contributed by atoms with E-state index in [0.717, 1.165) is 0 Å². The van der Waals surface area contributed by atoms with E-state index >= 15 is 0 Å². The number of aryl methyl sites for hydroxylation is 2. The van der Waals surface area contributed by atoms with Gasteiger partial charge in [0, 0.05) is 17.2 Å². The summed E-state index contributed by atoms with van der Waals surface area (Å²) < 4.78 is 2.29. The number of nitrogens with zero attached hydrogens (tertiary/aromatic N) is 1. The molecule has 0 N–H and O–H groups in total. The summed E-state index contributed by atoms with van der Waals surface area (Å²) in [7, 11) is 2.17. The van der Waals surface area contributed by atoms with Crippen LogP contribution < -0.4 is 4.57 Å². The van der Waals surface area contributed by atoms with Gasteiger partial charge in [0.1, 0.15) is 7.05 Å². The summed E-state index contributed by atoms with van der Waals surface area (Å²) in [6.45, 7) is 11.6. The standard InChI is InChI=1S/C34H40N/c1-23(2)32-22-35(6)33(30-10-8-7-9-24(30)3)21-31(32)29-14-13-27-19-26(11-12-28(27)20-29)25-15-17-34(4,5)18-16-25/h7-14,19-23,25H,15-18H2,1-6H3/q+1. The van der Waals surface area contributed by atoms with Crippen molar-refractivity contribution in [1.29, 1.82) is 0 Å². The number of fused-ring (bicyclic) bond motifs is 1. The first-order chi connectivity index (χ1) is 16.7. The Morgan fingerprint density at radius 3 is 2.23 bits per heavy atom. The van der Waals surface area contributed by atoms with E-state index in [0.29, 0.717) is 17.3 Å². The molecule has 35 heavy (non-hydrogen) atoms. The molecule has 1 heteroatoms. The number of benzene rings is 3. The maximum atomic E-state index is 2.45. The Morgan fingerprint density at radius 2 is 1.51 bits per heavy atom. The molecule has 0 radical (unpaired) electrons. The molecule has 180 valence electrons. The highest BCUT2D eigenvalue weighted by Crippen LogP contribution is 2.43. The lowest BCUT2D eigenvalue weighted by Crippen LogP contribution is -2.32. The molecule has 1 fully saturated rings. The van der Waals surface area contributed by atoms with Gasteiger partial charge in [0.15, 0.2) is 6.20 Å². The Balaban J connectivity index is 1.55. The Hall–Kier alpha value is -2.93. The third-order valence-corrected chi connectivity index (χ3v) is 8.33. The average Bonchev–Trinajstić information content (AvgIpc) is 2.84. The van der Waals surface area contributed by atoms with E-state index < -0.39 is 0 Å². The van der Waals surface area contributed by atoms with E-state index in [1.807, 2.05) is 0 Å². The molecule has 0 saturated heterocycles. The molecular weight excluding hydrogens is 422 g/mol. The number of rotatable bonds is 4. The summed E-state index contributed by atoms with van der Waals surface area (Å²) in [6.07, 6.45) is 7.64. The predicted octanol–water partition coefficient (Wildman–Crippen LogP) is 9.11. The monoisotopic (exact) mass is 462 g/mol. The van der Waals surface area contributed by atoms with Crippen LogP contribution in [0.4, 0.5) is 0 Å². The fourth-order valence-electron chi connectivity index (χ4n) is 5.93. The van der Waals surface area contributed by atoms with Crippen LogP contribution in [0.25, 0.3) is 33.2 Å². The Labute approximate surface area is 211 Å². The zero-order valence-corrected chi connectivity index (χ0v) is 22.4. The topological polar surface area (TPSA) is 3.88 Å². The number of aromatic nitrogens is 1. The lowest BCUT2D eigenvalue weighted by atomic mass is 9.71. The van der Waals surface area contributed by atoms with Crippen LogP contribution in [0.1, 0.15) is 81.9 Å². The molecule has 1 aromatic heterocycles. The van der Waals surface area contributed by atoms with Gasteiger partial charge in [-0.2, -0.15) is 0 Å². The molecule has 1 aliphatic rings. The third-order valence-electron chi connectivity index (χ3n) is 8.33. The van der Waals surface area contributed by atoms with Gasteiger partial charge < -0.3 is 0 Å². The van der Waals surface area contributed by atoms with Crippen LogP contribution in [0.3, 0.4) is 0 Å². The maximum absolute atomic E-state index is 2.45. The zero-order valence-electron chi connectivity index (χ0n) is 22.4. The lowest BCUT2D eigenvalue weighted by molar-refractivity contribution is -0.660. The van der Waals surface area contributed by atoms with E-state index in [2.05, 4.69) is 119 Å². The smallest absolute Gasteiger partial charge is 0.201 e. The van der Waals surface area contributed by atoms with Crippen LogP contribution >= 0.6 is 0 Å². The van der Waals surface area contributed by atoms with Gasteiger partial charge >= 0.3 is 0 Å². The maximum Gasteiger partial charge on any atom is 0.213 e. The minimum atomic E-state index is 0.454. The average molecular weight is 463 g/mol. The molecule has 3 aromatic carbocycles. The van der Waals surface area contributed by atoms with Gasteiger partial charge in [-0.1, -0.05) is 76.2 Å². The molecule has 1 nitrogen and oxygen atoms in total. The first kappa shape index (κ1) is 23.8. The van der Waals surface area contributed by atoms with Crippen LogP contribution in [0.5, 0.6) is 0 Å². The Kier molecular flexibility index (Phi) is 6.30. The molecular formula is C34H40N+. The third kappa shape index (κ3) is 4.79. The van der Waals surface area contributed by atoms with Crippen molar-refractivity contribution in [3.05, 3.63) is 89.6 Å². The van der Waals surface area contributed by atoms with E-state index in [-0.39, 0.29) is 0 Å². The molecule has 1 aliphatic carbocycles. The Morgan fingerprint density at radius 1 is 0.829 bits per heavy atom. The van der Waals surface area contributed by atoms with Gasteiger partial charge in [-0.3, -0.25) is 0 Å². The molecule has 0 spiro atoms. The van der Waals surface area contributed by atoms with Gasteiger partial charge in [0.05, 0.1) is 0 Å². The first-order valence-corrected chi connectivity index (χ1v) is 13.4. The molecule has 1 heterocycles. The van der Waals surface area contributed by atoms with Crippen molar-refractivity contribution in [1.82, 2.24) is 0 Å². The van der Waals surface area contributed by atoms with Crippen molar-refractivity contribution >= 4 is 10.8 Å². The van der Waals surface area contributed by atoms with Crippen molar-refractivity contribution in [3.8, 4) is 22.4 Å². The molecule has 0 unspecified atom stereocenters. The number of hydrogen-bond donors (Lipinski definition) is 0. The zero-order chi connectivity index (χ0) is 24.7. The van der Waals surface area contributed by atoms with Gasteiger partial charge in [-0.15, -0.1) is 0 Å². The van der Waals surface area contributed by atoms with Crippen molar-refractivity contribution in [2.45, 2.75) is 72.1 Å². The molecule has 1 saturated carbocycles. The largest absolute Gasteiger partial charge is 0.213 e. The van der Waals surface area contributed by atoms with Crippen LogP contribution in [0, 0.1) is 12.3 Å². The van der Waals surface area contributed by atoms with Crippen LogP contribution in [0.2, 0.25) is 0 Å². The van der Waals surface area contributed by atoms with Crippen molar-refractivity contribution in [2.24, 2.45) is 12.5 Å². The number of hydrogen-bond acceptors (Lipinski definition) is 0. The van der Waals surface area contributed by atoms with E-state index in [1.54, 1.807) is 0 Å². The Bertz CT molecular complexity index is 1360. The predicted molar refractivity (Wildman–Crippen MR) is 150 cm³/mol. The molecule has 5 rings (SSSR count). The quantitative estimate of drug-likeness (QED) is 0.266. The second-order valence-corrected chi connectivity index (χ2v) is 11.9. The second kappa shape index (κ2) is 9.26. The highest BCUT2D eigenvalue weighted by Gasteiger charge is 2.27. The molecule has 0 amide bonds. The normalized spacial score (nSPS) is 16.2. The van der Waals surface area contributed by atoms with Crippen molar-refractivity contribution < 1.29 is 4.57 Å². The first-order valence-electron chi connectivity index (χ1n) is 13.4. The minimum Gasteiger partial charge on any atom is -0.201 e. The SMILES string of the molecule is Cc1ccccc1-c1cc(-c2ccc3cc(C4CCC(C)(C)CC4)ccc3c2)c(C(C)C)c[n+]1C. The van der Waals surface area contributed by atoms with Crippen LogP contribution in [-0.4, -0.2) is 0 Å². The van der Waals surface area contributed by atoms with Crippen LogP contribution in [-0.2, 0) is 7.05 Å². The van der Waals surface area contributed by atoms with Crippen molar-refractivity contribution in [2.75, 3.05) is 0 Å². The molecule has 0 atom stereocenters. The molecule has 0 bridgehead atoms. The highest BCUT2D eigenvalue weighted by atomic mass is 14.9.